The quantitative estimate of drug-likeness (QED) is 0.414. The molecule has 0 fully saturated rings. The van der Waals surface area contributed by atoms with Crippen molar-refractivity contribution >= 4 is 11.8 Å². The highest BCUT2D eigenvalue weighted by Gasteiger charge is 2.29. The van der Waals surface area contributed by atoms with Crippen molar-refractivity contribution in [3.05, 3.63) is 108 Å². The second kappa shape index (κ2) is 12.0. The number of aliphatic hydroxyl groups excluding tert-OH is 1. The normalized spacial score (nSPS) is 19.1. The summed E-state index contributed by atoms with van der Waals surface area (Å²) in [6, 6.07) is 25.4. The Kier molecular flexibility index (Phi) is 8.27. The Morgan fingerprint density at radius 3 is 2.20 bits per heavy atom. The van der Waals surface area contributed by atoms with Gasteiger partial charge in [0.05, 0.1) is 25.2 Å². The van der Waals surface area contributed by atoms with Gasteiger partial charge in [0.15, 0.2) is 0 Å². The fourth-order valence-electron chi connectivity index (χ4n) is 3.72. The van der Waals surface area contributed by atoms with Crippen LogP contribution < -0.4 is 15.4 Å². The second-order valence-electron chi connectivity index (χ2n) is 8.19. The molecule has 2 amide bonds. The number of hydrogen-bond donors (Lipinski definition) is 3. The van der Waals surface area contributed by atoms with Crippen molar-refractivity contribution in [1.82, 2.24) is 10.6 Å². The SMILES string of the molecule is O=C(C[C@@H]1C=C[C@@H](NC(=O)c2ccccc2)[C@H](CO)O1)NCc1ccc(Oc2ccccc2)cc1. The van der Waals surface area contributed by atoms with E-state index in [0.717, 1.165) is 17.1 Å². The Hall–Kier alpha value is -3.94. The molecule has 35 heavy (non-hydrogen) atoms. The molecular formula is C28H28N2O5. The third-order valence-corrected chi connectivity index (χ3v) is 5.58. The molecule has 180 valence electrons. The number of benzene rings is 3. The van der Waals surface area contributed by atoms with Gasteiger partial charge in [0.2, 0.25) is 5.91 Å². The lowest BCUT2D eigenvalue weighted by atomic mass is 10.0. The zero-order valence-electron chi connectivity index (χ0n) is 19.2. The van der Waals surface area contributed by atoms with Gasteiger partial charge in [-0.1, -0.05) is 60.7 Å². The number of amides is 2. The fourth-order valence-corrected chi connectivity index (χ4v) is 3.72. The fraction of sp³-hybridized carbons (Fsp3) is 0.214. The van der Waals surface area contributed by atoms with Crippen molar-refractivity contribution in [3.63, 3.8) is 0 Å². The average molecular weight is 473 g/mol. The van der Waals surface area contributed by atoms with E-state index in [1.807, 2.05) is 60.7 Å². The molecule has 0 unspecified atom stereocenters. The predicted molar refractivity (Wildman–Crippen MR) is 132 cm³/mol. The summed E-state index contributed by atoms with van der Waals surface area (Å²) in [4.78, 5) is 24.9. The highest BCUT2D eigenvalue weighted by atomic mass is 16.5. The van der Waals surface area contributed by atoms with Crippen LogP contribution in [0.5, 0.6) is 11.5 Å². The van der Waals surface area contributed by atoms with Gasteiger partial charge in [-0.15, -0.1) is 0 Å². The first-order valence-electron chi connectivity index (χ1n) is 11.5. The van der Waals surface area contributed by atoms with Gasteiger partial charge in [-0.2, -0.15) is 0 Å². The van der Waals surface area contributed by atoms with Crippen molar-refractivity contribution in [3.8, 4) is 11.5 Å². The molecule has 7 nitrogen and oxygen atoms in total. The highest BCUT2D eigenvalue weighted by Crippen LogP contribution is 2.21. The van der Waals surface area contributed by atoms with E-state index in [0.29, 0.717) is 12.1 Å². The monoisotopic (exact) mass is 472 g/mol. The van der Waals surface area contributed by atoms with Crippen LogP contribution in [0.1, 0.15) is 22.3 Å². The van der Waals surface area contributed by atoms with Gasteiger partial charge in [0, 0.05) is 12.1 Å². The van der Waals surface area contributed by atoms with Gasteiger partial charge < -0.3 is 25.2 Å². The van der Waals surface area contributed by atoms with Crippen LogP contribution in [0.4, 0.5) is 0 Å². The zero-order chi connectivity index (χ0) is 24.5. The molecule has 1 heterocycles. The first-order chi connectivity index (χ1) is 17.1. The van der Waals surface area contributed by atoms with Crippen LogP contribution in [-0.2, 0) is 16.1 Å². The Morgan fingerprint density at radius 2 is 1.51 bits per heavy atom. The summed E-state index contributed by atoms with van der Waals surface area (Å²) in [5.74, 6) is 1.06. The maximum Gasteiger partial charge on any atom is 0.251 e. The standard InChI is InChI=1S/C28H28N2O5/c31-19-26-25(30-28(33)21-7-3-1-4-8-21)16-15-24(35-26)17-27(32)29-18-20-11-13-23(14-12-20)34-22-9-5-2-6-10-22/h1-16,24-26,31H,17-19H2,(H,29,32)(H,30,33)/t24-,25+,26-/m0/s1. The minimum absolute atomic E-state index is 0.113. The van der Waals surface area contributed by atoms with E-state index in [9.17, 15) is 14.7 Å². The van der Waals surface area contributed by atoms with Gasteiger partial charge in [-0.25, -0.2) is 0 Å². The minimum atomic E-state index is -0.636. The van der Waals surface area contributed by atoms with Crippen molar-refractivity contribution in [1.29, 1.82) is 0 Å². The molecule has 0 radical (unpaired) electrons. The molecule has 0 spiro atoms. The summed E-state index contributed by atoms with van der Waals surface area (Å²) in [6.45, 7) is 0.0969. The van der Waals surface area contributed by atoms with Crippen molar-refractivity contribution < 1.29 is 24.2 Å². The molecular weight excluding hydrogens is 444 g/mol. The van der Waals surface area contributed by atoms with E-state index in [4.69, 9.17) is 9.47 Å². The summed E-state index contributed by atoms with van der Waals surface area (Å²) < 4.78 is 11.6. The molecule has 0 bridgehead atoms. The lowest BCUT2D eigenvalue weighted by Gasteiger charge is -2.31. The van der Waals surface area contributed by atoms with E-state index in [2.05, 4.69) is 10.6 Å². The van der Waals surface area contributed by atoms with Crippen LogP contribution in [0.15, 0.2) is 97.1 Å². The lowest BCUT2D eigenvalue weighted by Crippen LogP contribution is -2.49. The third-order valence-electron chi connectivity index (χ3n) is 5.58. The lowest BCUT2D eigenvalue weighted by molar-refractivity contribution is -0.125. The van der Waals surface area contributed by atoms with Crippen molar-refractivity contribution in [2.45, 2.75) is 31.2 Å². The molecule has 0 saturated carbocycles. The van der Waals surface area contributed by atoms with Crippen LogP contribution >= 0.6 is 0 Å². The molecule has 0 aliphatic carbocycles. The van der Waals surface area contributed by atoms with E-state index in [1.54, 1.807) is 36.4 Å². The molecule has 3 aromatic carbocycles. The van der Waals surface area contributed by atoms with Crippen molar-refractivity contribution in [2.24, 2.45) is 0 Å². The third kappa shape index (κ3) is 7.02. The van der Waals surface area contributed by atoms with Gasteiger partial charge in [-0.3, -0.25) is 9.59 Å². The molecule has 1 aliphatic rings. The molecule has 3 N–H and O–H groups in total. The number of aliphatic hydroxyl groups is 1. The molecule has 0 saturated heterocycles. The number of ether oxygens (including phenoxy) is 2. The summed E-state index contributed by atoms with van der Waals surface area (Å²) in [6.07, 6.45) is 2.51. The largest absolute Gasteiger partial charge is 0.457 e. The highest BCUT2D eigenvalue weighted by molar-refractivity contribution is 5.94. The van der Waals surface area contributed by atoms with Gasteiger partial charge in [0.1, 0.15) is 17.6 Å². The molecule has 0 aromatic heterocycles. The number of hydrogen-bond acceptors (Lipinski definition) is 5. The van der Waals surface area contributed by atoms with Gasteiger partial charge >= 0.3 is 0 Å². The summed E-state index contributed by atoms with van der Waals surface area (Å²) >= 11 is 0. The minimum Gasteiger partial charge on any atom is -0.457 e. The smallest absolute Gasteiger partial charge is 0.251 e. The number of rotatable bonds is 9. The first kappa shape index (κ1) is 24.2. The van der Waals surface area contributed by atoms with Crippen molar-refractivity contribution in [2.75, 3.05) is 6.61 Å². The summed E-state index contributed by atoms with van der Waals surface area (Å²) in [5, 5.41) is 15.5. The van der Waals surface area contributed by atoms with Crippen LogP contribution in [0.3, 0.4) is 0 Å². The maximum absolute atomic E-state index is 12.5. The number of carbonyl (C=O) groups excluding carboxylic acids is 2. The number of nitrogens with one attached hydrogen (secondary N) is 2. The zero-order valence-corrected chi connectivity index (χ0v) is 19.2. The molecule has 3 aromatic rings. The maximum atomic E-state index is 12.5. The summed E-state index contributed by atoms with van der Waals surface area (Å²) in [7, 11) is 0. The Labute approximate surface area is 204 Å². The van der Waals surface area contributed by atoms with E-state index < -0.39 is 18.2 Å². The number of para-hydroxylation sites is 1. The second-order valence-corrected chi connectivity index (χ2v) is 8.19. The van der Waals surface area contributed by atoms with Gasteiger partial charge in [0.25, 0.3) is 5.91 Å². The van der Waals surface area contributed by atoms with Crippen LogP contribution in [0.25, 0.3) is 0 Å². The first-order valence-corrected chi connectivity index (χ1v) is 11.5. The average Bonchev–Trinajstić information content (AvgIpc) is 2.90. The molecule has 4 rings (SSSR count). The predicted octanol–water partition coefficient (Wildman–Crippen LogP) is 3.60. The van der Waals surface area contributed by atoms with Crippen LogP contribution in [0, 0.1) is 0 Å². The Morgan fingerprint density at radius 1 is 0.857 bits per heavy atom. The Balaban J connectivity index is 1.24. The number of carbonyl (C=O) groups is 2. The van der Waals surface area contributed by atoms with Crippen LogP contribution in [0.2, 0.25) is 0 Å². The van der Waals surface area contributed by atoms with E-state index >= 15 is 0 Å². The molecule has 7 heteroatoms. The van der Waals surface area contributed by atoms with Crippen LogP contribution in [-0.4, -0.2) is 41.8 Å². The topological polar surface area (TPSA) is 96.9 Å². The summed E-state index contributed by atoms with van der Waals surface area (Å²) in [5.41, 5.74) is 1.47. The molecule has 1 aliphatic heterocycles. The van der Waals surface area contributed by atoms with E-state index in [-0.39, 0.29) is 24.8 Å². The Bertz CT molecular complexity index is 1130. The van der Waals surface area contributed by atoms with Gasteiger partial charge in [-0.05, 0) is 42.0 Å². The molecule has 3 atom stereocenters. The van der Waals surface area contributed by atoms with E-state index in [1.165, 1.54) is 0 Å².